The Balaban J connectivity index is 1.84. The molecule has 0 bridgehead atoms. The van der Waals surface area contributed by atoms with Crippen LogP contribution in [0.5, 0.6) is 0 Å². The van der Waals surface area contributed by atoms with E-state index in [1.165, 1.54) is 32.1 Å². The van der Waals surface area contributed by atoms with Crippen LogP contribution in [0.15, 0.2) is 0 Å². The van der Waals surface area contributed by atoms with Crippen molar-refractivity contribution >= 4 is 0 Å². The fourth-order valence-corrected chi connectivity index (χ4v) is 2.34. The molecule has 0 aromatic rings. The lowest BCUT2D eigenvalue weighted by Gasteiger charge is -2.26. The number of rotatable bonds is 8. The van der Waals surface area contributed by atoms with Gasteiger partial charge >= 0.3 is 0 Å². The van der Waals surface area contributed by atoms with Gasteiger partial charge in [-0.05, 0) is 65.2 Å². The Hall–Kier alpha value is -0.120. The van der Waals surface area contributed by atoms with Gasteiger partial charge in [0.25, 0.3) is 0 Å². The van der Waals surface area contributed by atoms with E-state index in [1.807, 2.05) is 0 Å². The molecule has 0 radical (unpaired) electrons. The number of ether oxygens (including phenoxy) is 1. The predicted molar refractivity (Wildman–Crippen MR) is 73.4 cm³/mol. The number of hydrogen-bond acceptors (Lipinski definition) is 3. The second-order valence-corrected chi connectivity index (χ2v) is 5.66. The highest BCUT2D eigenvalue weighted by Crippen LogP contribution is 2.25. The second-order valence-electron chi connectivity index (χ2n) is 5.66. The highest BCUT2D eigenvalue weighted by atomic mass is 16.5. The van der Waals surface area contributed by atoms with Crippen molar-refractivity contribution < 1.29 is 4.74 Å². The Bertz CT molecular complexity index is 177. The van der Waals surface area contributed by atoms with Gasteiger partial charge < -0.3 is 15.0 Å². The Morgan fingerprint density at radius 1 is 1.12 bits per heavy atom. The fourth-order valence-electron chi connectivity index (χ4n) is 2.34. The lowest BCUT2D eigenvalue weighted by molar-refractivity contribution is 0.0217. The van der Waals surface area contributed by atoms with Crippen molar-refractivity contribution in [3.8, 4) is 0 Å². The van der Waals surface area contributed by atoms with Crippen molar-refractivity contribution in [1.82, 2.24) is 10.2 Å². The first-order valence-corrected chi connectivity index (χ1v) is 7.15. The van der Waals surface area contributed by atoms with E-state index < -0.39 is 0 Å². The lowest BCUT2D eigenvalue weighted by atomic mass is 9.89. The van der Waals surface area contributed by atoms with Crippen LogP contribution in [-0.4, -0.2) is 51.3 Å². The third-order valence-corrected chi connectivity index (χ3v) is 3.55. The van der Waals surface area contributed by atoms with Crippen molar-refractivity contribution in [2.45, 2.75) is 45.1 Å². The molecule has 0 saturated heterocycles. The number of hydrogen-bond donors (Lipinski definition) is 1. The minimum absolute atomic E-state index is 0.537. The zero-order valence-electron chi connectivity index (χ0n) is 11.9. The van der Waals surface area contributed by atoms with E-state index in [0.717, 1.165) is 32.2 Å². The van der Waals surface area contributed by atoms with Crippen LogP contribution in [0.4, 0.5) is 0 Å². The van der Waals surface area contributed by atoms with Gasteiger partial charge in [-0.1, -0.05) is 6.92 Å². The standard InChI is InChI=1S/C14H30N2O/c1-13-5-7-14(8-6-13)17-12-10-15-9-4-11-16(2)3/h13-15H,4-12H2,1-3H3. The highest BCUT2D eigenvalue weighted by molar-refractivity contribution is 4.70. The Morgan fingerprint density at radius 3 is 2.47 bits per heavy atom. The van der Waals surface area contributed by atoms with Crippen molar-refractivity contribution in [3.05, 3.63) is 0 Å². The van der Waals surface area contributed by atoms with Crippen LogP contribution in [0.25, 0.3) is 0 Å². The first kappa shape index (κ1) is 14.9. The summed E-state index contributed by atoms with van der Waals surface area (Å²) < 4.78 is 5.89. The normalized spacial score (nSPS) is 25.4. The van der Waals surface area contributed by atoms with Gasteiger partial charge in [-0.15, -0.1) is 0 Å². The molecule has 0 spiro atoms. The quantitative estimate of drug-likeness (QED) is 0.660. The molecule has 102 valence electrons. The smallest absolute Gasteiger partial charge is 0.0594 e. The molecule has 1 fully saturated rings. The molecule has 1 rings (SSSR count). The molecule has 0 aromatic heterocycles. The van der Waals surface area contributed by atoms with Crippen molar-refractivity contribution in [1.29, 1.82) is 0 Å². The molecular formula is C14H30N2O. The third kappa shape index (κ3) is 7.74. The van der Waals surface area contributed by atoms with Crippen molar-refractivity contribution in [2.24, 2.45) is 5.92 Å². The van der Waals surface area contributed by atoms with E-state index in [4.69, 9.17) is 4.74 Å². The van der Waals surface area contributed by atoms with Gasteiger partial charge in [0, 0.05) is 6.54 Å². The molecule has 1 saturated carbocycles. The summed E-state index contributed by atoms with van der Waals surface area (Å²) in [5.74, 6) is 0.916. The Labute approximate surface area is 107 Å². The number of nitrogens with zero attached hydrogens (tertiary/aromatic N) is 1. The molecule has 3 nitrogen and oxygen atoms in total. The summed E-state index contributed by atoms with van der Waals surface area (Å²) in [7, 11) is 4.24. The van der Waals surface area contributed by atoms with Crippen LogP contribution in [0.3, 0.4) is 0 Å². The van der Waals surface area contributed by atoms with Gasteiger partial charge in [-0.2, -0.15) is 0 Å². The summed E-state index contributed by atoms with van der Waals surface area (Å²) in [5, 5.41) is 3.44. The van der Waals surface area contributed by atoms with E-state index in [-0.39, 0.29) is 0 Å². The molecule has 1 aliphatic rings. The van der Waals surface area contributed by atoms with E-state index in [2.05, 4.69) is 31.2 Å². The molecule has 1 N–H and O–H groups in total. The van der Waals surface area contributed by atoms with Crippen LogP contribution in [0, 0.1) is 5.92 Å². The molecule has 0 aliphatic heterocycles. The van der Waals surface area contributed by atoms with Crippen LogP contribution >= 0.6 is 0 Å². The summed E-state index contributed by atoms with van der Waals surface area (Å²) in [6, 6.07) is 0. The van der Waals surface area contributed by atoms with Gasteiger partial charge in [0.2, 0.25) is 0 Å². The minimum atomic E-state index is 0.537. The van der Waals surface area contributed by atoms with Gasteiger partial charge in [-0.25, -0.2) is 0 Å². The average molecular weight is 242 g/mol. The maximum Gasteiger partial charge on any atom is 0.0594 e. The molecular weight excluding hydrogens is 212 g/mol. The van der Waals surface area contributed by atoms with Crippen molar-refractivity contribution in [2.75, 3.05) is 40.3 Å². The molecule has 17 heavy (non-hydrogen) atoms. The lowest BCUT2D eigenvalue weighted by Crippen LogP contribution is -2.27. The fraction of sp³-hybridized carbons (Fsp3) is 1.00. The summed E-state index contributed by atoms with van der Waals surface area (Å²) in [6.07, 6.45) is 6.98. The average Bonchev–Trinajstić information content (AvgIpc) is 2.30. The molecule has 0 unspecified atom stereocenters. The van der Waals surface area contributed by atoms with E-state index in [1.54, 1.807) is 0 Å². The third-order valence-electron chi connectivity index (χ3n) is 3.55. The summed E-state index contributed by atoms with van der Waals surface area (Å²) in [6.45, 7) is 6.49. The van der Waals surface area contributed by atoms with Crippen LogP contribution in [0.2, 0.25) is 0 Å². The Kier molecular flexibility index (Phi) is 7.82. The maximum atomic E-state index is 5.89. The predicted octanol–water partition coefficient (Wildman–Crippen LogP) is 2.12. The molecule has 0 heterocycles. The monoisotopic (exact) mass is 242 g/mol. The molecule has 1 aliphatic carbocycles. The Morgan fingerprint density at radius 2 is 1.82 bits per heavy atom. The SMILES string of the molecule is CC1CCC(OCCNCCCN(C)C)CC1. The molecule has 0 amide bonds. The zero-order chi connectivity index (χ0) is 12.5. The van der Waals surface area contributed by atoms with Gasteiger partial charge in [0.15, 0.2) is 0 Å². The zero-order valence-corrected chi connectivity index (χ0v) is 11.9. The van der Waals surface area contributed by atoms with E-state index in [9.17, 15) is 0 Å². The van der Waals surface area contributed by atoms with Crippen LogP contribution < -0.4 is 5.32 Å². The van der Waals surface area contributed by atoms with E-state index in [0.29, 0.717) is 6.10 Å². The van der Waals surface area contributed by atoms with Gasteiger partial charge in [0.05, 0.1) is 12.7 Å². The number of nitrogens with one attached hydrogen (secondary N) is 1. The van der Waals surface area contributed by atoms with Crippen molar-refractivity contribution in [3.63, 3.8) is 0 Å². The minimum Gasteiger partial charge on any atom is -0.377 e. The van der Waals surface area contributed by atoms with Crippen LogP contribution in [-0.2, 0) is 4.74 Å². The highest BCUT2D eigenvalue weighted by Gasteiger charge is 2.17. The summed E-state index contributed by atoms with van der Waals surface area (Å²) >= 11 is 0. The topological polar surface area (TPSA) is 24.5 Å². The first-order chi connectivity index (χ1) is 8.18. The maximum absolute atomic E-state index is 5.89. The van der Waals surface area contributed by atoms with Crippen LogP contribution in [0.1, 0.15) is 39.0 Å². The summed E-state index contributed by atoms with van der Waals surface area (Å²) in [5.41, 5.74) is 0. The first-order valence-electron chi connectivity index (χ1n) is 7.15. The largest absolute Gasteiger partial charge is 0.377 e. The van der Waals surface area contributed by atoms with Gasteiger partial charge in [0.1, 0.15) is 0 Å². The van der Waals surface area contributed by atoms with E-state index >= 15 is 0 Å². The second kappa shape index (κ2) is 8.90. The molecule has 0 aromatic carbocycles. The molecule has 0 atom stereocenters. The summed E-state index contributed by atoms with van der Waals surface area (Å²) in [4.78, 5) is 2.22. The molecule has 3 heteroatoms. The van der Waals surface area contributed by atoms with Gasteiger partial charge in [-0.3, -0.25) is 0 Å².